The van der Waals surface area contributed by atoms with Gasteiger partial charge in [-0.2, -0.15) is 0 Å². The molecule has 0 aliphatic rings. The Labute approximate surface area is 117 Å². The van der Waals surface area contributed by atoms with Crippen LogP contribution < -0.4 is 11.3 Å². The van der Waals surface area contributed by atoms with Crippen LogP contribution in [-0.2, 0) is 0 Å². The monoisotopic (exact) mass is 315 g/mol. The van der Waals surface area contributed by atoms with Crippen molar-refractivity contribution in [2.24, 2.45) is 0 Å². The lowest BCUT2D eigenvalue weighted by atomic mass is 10.0. The van der Waals surface area contributed by atoms with Gasteiger partial charge < -0.3 is 10.7 Å². The molecule has 3 rings (SSSR count). The van der Waals surface area contributed by atoms with Gasteiger partial charge in [0, 0.05) is 27.1 Å². The van der Waals surface area contributed by atoms with Gasteiger partial charge in [-0.25, -0.2) is 0 Å². The Morgan fingerprint density at radius 1 is 1.21 bits per heavy atom. The number of pyridine rings is 2. The maximum atomic E-state index is 11.9. The van der Waals surface area contributed by atoms with E-state index in [1.807, 2.05) is 36.4 Å². The molecule has 0 atom stereocenters. The molecule has 0 amide bonds. The van der Waals surface area contributed by atoms with Gasteiger partial charge in [-0.1, -0.05) is 22.0 Å². The van der Waals surface area contributed by atoms with E-state index < -0.39 is 0 Å². The normalized spacial score (nSPS) is 10.8. The Kier molecular flexibility index (Phi) is 2.83. The molecule has 0 spiro atoms. The van der Waals surface area contributed by atoms with Gasteiger partial charge in [0.15, 0.2) is 0 Å². The highest BCUT2D eigenvalue weighted by molar-refractivity contribution is 9.10. The van der Waals surface area contributed by atoms with Gasteiger partial charge in [0.25, 0.3) is 5.56 Å². The number of hydrogen-bond acceptors (Lipinski definition) is 3. The van der Waals surface area contributed by atoms with Gasteiger partial charge in [0.05, 0.1) is 5.69 Å². The smallest absolute Gasteiger partial charge is 0.272 e. The Hall–Kier alpha value is -2.14. The average molecular weight is 316 g/mol. The number of fused-ring (bicyclic) bond motifs is 1. The molecule has 0 fully saturated rings. The van der Waals surface area contributed by atoms with Crippen molar-refractivity contribution in [1.82, 2.24) is 9.97 Å². The molecule has 0 radical (unpaired) electrons. The number of nitrogens with one attached hydrogen (secondary N) is 1. The second kappa shape index (κ2) is 4.51. The largest absolute Gasteiger partial charge is 0.394 e. The number of rotatable bonds is 1. The molecule has 3 N–H and O–H groups in total. The van der Waals surface area contributed by atoms with Crippen LogP contribution in [0.25, 0.3) is 22.2 Å². The number of aromatic amines is 1. The summed E-state index contributed by atoms with van der Waals surface area (Å²) in [6.07, 6.45) is 1.68. The quantitative estimate of drug-likeness (QED) is 0.725. The number of nitrogens with two attached hydrogens (primary N) is 1. The van der Waals surface area contributed by atoms with Crippen LogP contribution in [0, 0.1) is 0 Å². The molecule has 19 heavy (non-hydrogen) atoms. The van der Waals surface area contributed by atoms with Crippen LogP contribution in [0.4, 0.5) is 5.69 Å². The lowest BCUT2D eigenvalue weighted by Crippen LogP contribution is -2.13. The summed E-state index contributed by atoms with van der Waals surface area (Å²) in [4.78, 5) is 18.9. The van der Waals surface area contributed by atoms with Crippen molar-refractivity contribution in [2.45, 2.75) is 0 Å². The number of H-pyrrole nitrogens is 1. The molecule has 0 unspecified atom stereocenters. The number of benzene rings is 1. The molecule has 0 saturated carbocycles. The molecule has 0 aliphatic heterocycles. The van der Waals surface area contributed by atoms with Crippen molar-refractivity contribution < 1.29 is 0 Å². The third-order valence-electron chi connectivity index (χ3n) is 2.93. The third-order valence-corrected chi connectivity index (χ3v) is 3.43. The minimum Gasteiger partial charge on any atom is -0.394 e. The topological polar surface area (TPSA) is 71.8 Å². The second-order valence-electron chi connectivity index (χ2n) is 4.15. The highest BCUT2D eigenvalue weighted by atomic mass is 79.9. The number of aromatic nitrogens is 2. The molecule has 0 saturated heterocycles. The molecular weight excluding hydrogens is 306 g/mol. The van der Waals surface area contributed by atoms with Crippen LogP contribution in [0.2, 0.25) is 0 Å². The van der Waals surface area contributed by atoms with Crippen molar-refractivity contribution in [3.8, 4) is 11.3 Å². The van der Waals surface area contributed by atoms with Crippen LogP contribution in [0.5, 0.6) is 0 Å². The Bertz CT molecular complexity index is 812. The minimum absolute atomic E-state index is 0.185. The average Bonchev–Trinajstić information content (AvgIpc) is 2.42. The summed E-state index contributed by atoms with van der Waals surface area (Å²) in [5, 5.41) is 0.866. The molecule has 0 bridgehead atoms. The first-order valence-corrected chi connectivity index (χ1v) is 6.48. The van der Waals surface area contributed by atoms with Crippen molar-refractivity contribution in [3.63, 3.8) is 0 Å². The summed E-state index contributed by atoms with van der Waals surface area (Å²) >= 11 is 3.43. The highest BCUT2D eigenvalue weighted by Crippen LogP contribution is 2.30. The van der Waals surface area contributed by atoms with Crippen LogP contribution in [0.1, 0.15) is 0 Å². The zero-order valence-corrected chi connectivity index (χ0v) is 11.4. The second-order valence-corrected chi connectivity index (χ2v) is 5.06. The number of nitrogens with zero attached hydrogens (tertiary/aromatic N) is 1. The molecule has 94 valence electrons. The summed E-state index contributed by atoms with van der Waals surface area (Å²) in [6, 6.07) is 11.2. The van der Waals surface area contributed by atoms with Gasteiger partial charge in [0.2, 0.25) is 0 Å². The van der Waals surface area contributed by atoms with Crippen LogP contribution in [0.15, 0.2) is 51.9 Å². The number of anilines is 1. The van der Waals surface area contributed by atoms with Gasteiger partial charge in [-0.3, -0.25) is 9.78 Å². The van der Waals surface area contributed by atoms with Gasteiger partial charge in [0.1, 0.15) is 5.69 Å². The minimum atomic E-state index is -0.296. The first-order valence-electron chi connectivity index (χ1n) is 5.69. The Morgan fingerprint density at radius 3 is 2.79 bits per heavy atom. The fourth-order valence-corrected chi connectivity index (χ4v) is 2.43. The van der Waals surface area contributed by atoms with E-state index in [-0.39, 0.29) is 11.2 Å². The standard InChI is InChI=1S/C14H10BrN3O/c15-8-4-5-10-9(7-8)12(13(16)14(19)18-10)11-3-1-2-6-17-11/h1-7H,16H2,(H,18,19). The SMILES string of the molecule is Nc1c(-c2ccccn2)c2cc(Br)ccc2[nH]c1=O. The van der Waals surface area contributed by atoms with E-state index in [1.165, 1.54) is 0 Å². The fraction of sp³-hybridized carbons (Fsp3) is 0. The van der Waals surface area contributed by atoms with Crippen molar-refractivity contribution >= 4 is 32.5 Å². The summed E-state index contributed by atoms with van der Waals surface area (Å²) in [6.45, 7) is 0. The molecule has 1 aromatic carbocycles. The van der Waals surface area contributed by atoms with Gasteiger partial charge in [-0.15, -0.1) is 0 Å². The van der Waals surface area contributed by atoms with Gasteiger partial charge >= 0.3 is 0 Å². The zero-order valence-electron chi connectivity index (χ0n) is 9.85. The summed E-state index contributed by atoms with van der Waals surface area (Å²) in [5.74, 6) is 0. The van der Waals surface area contributed by atoms with Gasteiger partial charge in [-0.05, 0) is 30.3 Å². The Morgan fingerprint density at radius 2 is 2.05 bits per heavy atom. The van der Waals surface area contributed by atoms with E-state index in [1.54, 1.807) is 6.20 Å². The number of nitrogen functional groups attached to an aromatic ring is 1. The van der Waals surface area contributed by atoms with E-state index >= 15 is 0 Å². The summed E-state index contributed by atoms with van der Waals surface area (Å²) in [7, 11) is 0. The Balaban J connectivity index is 2.48. The van der Waals surface area contributed by atoms with E-state index in [0.717, 1.165) is 15.4 Å². The van der Waals surface area contributed by atoms with Crippen LogP contribution in [-0.4, -0.2) is 9.97 Å². The van der Waals surface area contributed by atoms with E-state index in [0.29, 0.717) is 11.3 Å². The lowest BCUT2D eigenvalue weighted by molar-refractivity contribution is 1.28. The highest BCUT2D eigenvalue weighted by Gasteiger charge is 2.13. The molecule has 3 aromatic rings. The van der Waals surface area contributed by atoms with E-state index in [9.17, 15) is 4.79 Å². The maximum absolute atomic E-state index is 11.9. The predicted octanol–water partition coefficient (Wildman–Crippen LogP) is 2.93. The first-order chi connectivity index (χ1) is 9.16. The fourth-order valence-electron chi connectivity index (χ4n) is 2.07. The van der Waals surface area contributed by atoms with E-state index in [2.05, 4.69) is 25.9 Å². The molecule has 5 heteroatoms. The molecule has 4 nitrogen and oxygen atoms in total. The van der Waals surface area contributed by atoms with Crippen LogP contribution >= 0.6 is 15.9 Å². The molecule has 2 heterocycles. The maximum Gasteiger partial charge on any atom is 0.272 e. The molecule has 0 aliphatic carbocycles. The molecule has 2 aromatic heterocycles. The van der Waals surface area contributed by atoms with E-state index in [4.69, 9.17) is 5.73 Å². The summed E-state index contributed by atoms with van der Waals surface area (Å²) < 4.78 is 0.920. The number of hydrogen-bond donors (Lipinski definition) is 2. The van der Waals surface area contributed by atoms with Crippen molar-refractivity contribution in [3.05, 3.63) is 57.4 Å². The summed E-state index contributed by atoms with van der Waals surface area (Å²) in [5.41, 5.74) is 7.92. The zero-order chi connectivity index (χ0) is 13.4. The van der Waals surface area contributed by atoms with Crippen molar-refractivity contribution in [1.29, 1.82) is 0 Å². The number of halogens is 1. The predicted molar refractivity (Wildman–Crippen MR) is 79.9 cm³/mol. The molecular formula is C14H10BrN3O. The van der Waals surface area contributed by atoms with Crippen molar-refractivity contribution in [2.75, 3.05) is 5.73 Å². The third kappa shape index (κ3) is 2.02. The van der Waals surface area contributed by atoms with Crippen LogP contribution in [0.3, 0.4) is 0 Å². The first kappa shape index (κ1) is 11.9. The lowest BCUT2D eigenvalue weighted by Gasteiger charge is -2.09.